The molecule has 0 aromatic carbocycles. The Kier molecular flexibility index (Phi) is 3.96. The Balaban J connectivity index is 1.32. The van der Waals surface area contributed by atoms with E-state index in [1.54, 1.807) is 0 Å². The first-order valence-corrected chi connectivity index (χ1v) is 7.19. The summed E-state index contributed by atoms with van der Waals surface area (Å²) in [6.07, 6.45) is 4.16. The van der Waals surface area contributed by atoms with Gasteiger partial charge in [-0.2, -0.15) is 0 Å². The summed E-state index contributed by atoms with van der Waals surface area (Å²) in [7, 11) is 0. The van der Waals surface area contributed by atoms with E-state index in [9.17, 15) is 0 Å². The number of likely N-dealkylation sites (tertiary alicyclic amines) is 1. The fraction of sp³-hybridized carbons (Fsp3) is 1.00. The minimum atomic E-state index is 0.771. The predicted octanol–water partition coefficient (Wildman–Crippen LogP) is 0.145. The molecule has 98 valence electrons. The molecular weight excluding hydrogens is 214 g/mol. The molecule has 1 unspecified atom stereocenters. The van der Waals surface area contributed by atoms with Gasteiger partial charge in [0.05, 0.1) is 13.2 Å². The van der Waals surface area contributed by atoms with Gasteiger partial charge in [-0.1, -0.05) is 0 Å². The Labute approximate surface area is 104 Å². The quantitative estimate of drug-likeness (QED) is 0.739. The second-order valence-corrected chi connectivity index (χ2v) is 5.68. The lowest BCUT2D eigenvalue weighted by Gasteiger charge is -2.28. The van der Waals surface area contributed by atoms with Crippen LogP contribution < -0.4 is 5.32 Å². The van der Waals surface area contributed by atoms with Crippen LogP contribution in [0.1, 0.15) is 19.3 Å². The van der Waals surface area contributed by atoms with Gasteiger partial charge in [0.2, 0.25) is 0 Å². The van der Waals surface area contributed by atoms with Crippen LogP contribution in [0.25, 0.3) is 0 Å². The number of nitrogens with one attached hydrogen (secondary N) is 1. The van der Waals surface area contributed by atoms with Gasteiger partial charge in [-0.25, -0.2) is 0 Å². The summed E-state index contributed by atoms with van der Waals surface area (Å²) < 4.78 is 5.37. The van der Waals surface area contributed by atoms with Gasteiger partial charge in [-0.15, -0.1) is 0 Å². The molecule has 3 fully saturated rings. The zero-order valence-corrected chi connectivity index (χ0v) is 10.7. The molecule has 0 aromatic rings. The lowest BCUT2D eigenvalue weighted by atomic mass is 10.2. The standard InChI is InChI=1S/C13H25N3O/c1-2-12(1)14-13-3-4-16(11-13)6-5-15-7-9-17-10-8-15/h12-14H,1-11H2. The third-order valence-corrected chi connectivity index (χ3v) is 4.16. The van der Waals surface area contributed by atoms with E-state index < -0.39 is 0 Å². The van der Waals surface area contributed by atoms with E-state index in [2.05, 4.69) is 15.1 Å². The maximum Gasteiger partial charge on any atom is 0.0594 e. The molecule has 1 saturated carbocycles. The second kappa shape index (κ2) is 5.65. The van der Waals surface area contributed by atoms with Crippen molar-refractivity contribution in [2.24, 2.45) is 0 Å². The number of nitrogens with zero attached hydrogens (tertiary/aromatic N) is 2. The number of hydrogen-bond acceptors (Lipinski definition) is 4. The van der Waals surface area contributed by atoms with Crippen LogP contribution in [0.15, 0.2) is 0 Å². The van der Waals surface area contributed by atoms with Gasteiger partial charge in [0, 0.05) is 44.8 Å². The summed E-state index contributed by atoms with van der Waals surface area (Å²) in [4.78, 5) is 5.15. The van der Waals surface area contributed by atoms with Crippen molar-refractivity contribution in [1.82, 2.24) is 15.1 Å². The molecule has 2 saturated heterocycles. The van der Waals surface area contributed by atoms with Crippen LogP contribution in [0.3, 0.4) is 0 Å². The highest BCUT2D eigenvalue weighted by molar-refractivity contribution is 4.89. The summed E-state index contributed by atoms with van der Waals surface area (Å²) in [5.41, 5.74) is 0. The van der Waals surface area contributed by atoms with Crippen LogP contribution in [0, 0.1) is 0 Å². The third kappa shape index (κ3) is 3.65. The molecule has 0 radical (unpaired) electrons. The lowest BCUT2D eigenvalue weighted by molar-refractivity contribution is 0.0343. The van der Waals surface area contributed by atoms with E-state index in [1.165, 1.54) is 45.4 Å². The van der Waals surface area contributed by atoms with Crippen molar-refractivity contribution in [3.05, 3.63) is 0 Å². The number of ether oxygens (including phenoxy) is 1. The van der Waals surface area contributed by atoms with Crippen LogP contribution >= 0.6 is 0 Å². The average Bonchev–Trinajstić information content (AvgIpc) is 3.06. The van der Waals surface area contributed by atoms with Gasteiger partial charge in [-0.05, 0) is 25.8 Å². The predicted molar refractivity (Wildman–Crippen MR) is 68.3 cm³/mol. The molecule has 0 bridgehead atoms. The molecule has 17 heavy (non-hydrogen) atoms. The minimum Gasteiger partial charge on any atom is -0.379 e. The summed E-state index contributed by atoms with van der Waals surface area (Å²) in [6, 6.07) is 1.63. The van der Waals surface area contributed by atoms with E-state index in [0.29, 0.717) is 0 Å². The van der Waals surface area contributed by atoms with Crippen molar-refractivity contribution in [1.29, 1.82) is 0 Å². The minimum absolute atomic E-state index is 0.771. The smallest absolute Gasteiger partial charge is 0.0594 e. The van der Waals surface area contributed by atoms with Crippen LogP contribution in [-0.2, 0) is 4.74 Å². The van der Waals surface area contributed by atoms with Crippen LogP contribution in [0.4, 0.5) is 0 Å². The number of rotatable bonds is 5. The van der Waals surface area contributed by atoms with Crippen LogP contribution in [0.2, 0.25) is 0 Å². The SMILES string of the molecule is C1CN(CCN2CCC(NC3CC3)C2)CCO1. The van der Waals surface area contributed by atoms with Crippen LogP contribution in [0.5, 0.6) is 0 Å². The molecule has 3 rings (SSSR count). The molecule has 1 N–H and O–H groups in total. The van der Waals surface area contributed by atoms with Gasteiger partial charge in [0.15, 0.2) is 0 Å². The maximum atomic E-state index is 5.37. The summed E-state index contributed by atoms with van der Waals surface area (Å²) >= 11 is 0. The molecule has 0 spiro atoms. The highest BCUT2D eigenvalue weighted by atomic mass is 16.5. The topological polar surface area (TPSA) is 27.7 Å². The number of morpholine rings is 1. The normalized spacial score (nSPS) is 32.1. The van der Waals surface area contributed by atoms with Crippen molar-refractivity contribution in [2.75, 3.05) is 52.5 Å². The van der Waals surface area contributed by atoms with Crippen molar-refractivity contribution < 1.29 is 4.74 Å². The van der Waals surface area contributed by atoms with Gasteiger partial charge >= 0.3 is 0 Å². The Hall–Kier alpha value is -0.160. The monoisotopic (exact) mass is 239 g/mol. The molecule has 2 aliphatic heterocycles. The summed E-state index contributed by atoms with van der Waals surface area (Å²) in [6.45, 7) is 9.10. The molecule has 1 atom stereocenters. The molecule has 2 heterocycles. The van der Waals surface area contributed by atoms with Crippen molar-refractivity contribution >= 4 is 0 Å². The van der Waals surface area contributed by atoms with E-state index in [0.717, 1.165) is 38.4 Å². The van der Waals surface area contributed by atoms with Crippen molar-refractivity contribution in [3.63, 3.8) is 0 Å². The fourth-order valence-electron chi connectivity index (χ4n) is 2.86. The lowest BCUT2D eigenvalue weighted by Crippen LogP contribution is -2.41. The Morgan fingerprint density at radius 3 is 2.41 bits per heavy atom. The largest absolute Gasteiger partial charge is 0.379 e. The Bertz CT molecular complexity index is 239. The fourth-order valence-corrected chi connectivity index (χ4v) is 2.86. The molecule has 0 aromatic heterocycles. The molecule has 4 heteroatoms. The maximum absolute atomic E-state index is 5.37. The molecule has 4 nitrogen and oxygen atoms in total. The zero-order valence-electron chi connectivity index (χ0n) is 10.7. The zero-order chi connectivity index (χ0) is 11.5. The third-order valence-electron chi connectivity index (χ3n) is 4.16. The van der Waals surface area contributed by atoms with E-state index >= 15 is 0 Å². The van der Waals surface area contributed by atoms with Crippen molar-refractivity contribution in [3.8, 4) is 0 Å². The van der Waals surface area contributed by atoms with E-state index in [-0.39, 0.29) is 0 Å². The van der Waals surface area contributed by atoms with Crippen molar-refractivity contribution in [2.45, 2.75) is 31.3 Å². The highest BCUT2D eigenvalue weighted by Gasteiger charge is 2.29. The summed E-state index contributed by atoms with van der Waals surface area (Å²) in [5.74, 6) is 0. The summed E-state index contributed by atoms with van der Waals surface area (Å²) in [5, 5.41) is 3.75. The average molecular weight is 239 g/mol. The highest BCUT2D eigenvalue weighted by Crippen LogP contribution is 2.21. The first-order chi connectivity index (χ1) is 8.40. The van der Waals surface area contributed by atoms with Gasteiger partial charge in [0.1, 0.15) is 0 Å². The second-order valence-electron chi connectivity index (χ2n) is 5.68. The number of hydrogen-bond donors (Lipinski definition) is 1. The van der Waals surface area contributed by atoms with E-state index in [4.69, 9.17) is 4.74 Å². The Morgan fingerprint density at radius 2 is 1.65 bits per heavy atom. The molecule has 0 amide bonds. The molecule has 1 aliphatic carbocycles. The van der Waals surface area contributed by atoms with Gasteiger partial charge < -0.3 is 15.0 Å². The first kappa shape index (κ1) is 11.9. The molecular formula is C13H25N3O. The Morgan fingerprint density at radius 1 is 0.882 bits per heavy atom. The molecule has 3 aliphatic rings. The van der Waals surface area contributed by atoms with Gasteiger partial charge in [0.25, 0.3) is 0 Å². The van der Waals surface area contributed by atoms with E-state index in [1.807, 2.05) is 0 Å². The van der Waals surface area contributed by atoms with Crippen LogP contribution in [-0.4, -0.2) is 74.4 Å². The van der Waals surface area contributed by atoms with Gasteiger partial charge in [-0.3, -0.25) is 4.90 Å². The first-order valence-electron chi connectivity index (χ1n) is 7.19.